The Kier molecular flexibility index (Phi) is 4.66. The second kappa shape index (κ2) is 7.46. The monoisotopic (exact) mass is 390 g/mol. The Morgan fingerprint density at radius 3 is 2.62 bits per heavy atom. The van der Waals surface area contributed by atoms with Crippen LogP contribution in [0.15, 0.2) is 30.9 Å². The van der Waals surface area contributed by atoms with Crippen LogP contribution in [0.4, 0.5) is 5.82 Å². The lowest BCUT2D eigenvalue weighted by molar-refractivity contribution is 0.0951. The molecule has 1 aliphatic heterocycles. The number of benzene rings is 1. The molecule has 2 aliphatic rings. The van der Waals surface area contributed by atoms with Gasteiger partial charge in [0, 0.05) is 24.7 Å². The number of nitrogens with one attached hydrogen (secondary N) is 1. The number of anilines is 1. The third-order valence-electron chi connectivity index (χ3n) is 5.86. The van der Waals surface area contributed by atoms with E-state index in [-0.39, 0.29) is 5.91 Å². The van der Waals surface area contributed by atoms with Crippen LogP contribution in [0.1, 0.15) is 54.4 Å². The molecule has 3 heterocycles. The van der Waals surface area contributed by atoms with E-state index in [2.05, 4.69) is 25.2 Å². The van der Waals surface area contributed by atoms with Gasteiger partial charge in [-0.05, 0) is 50.3 Å². The molecule has 0 bridgehead atoms. The summed E-state index contributed by atoms with van der Waals surface area (Å²) in [5.74, 6) is 0.897. The number of hydrogen-bond acceptors (Lipinski definition) is 5. The summed E-state index contributed by atoms with van der Waals surface area (Å²) in [7, 11) is 0. The Hall–Kier alpha value is -2.96. The fraction of sp³-hybridized carbons (Fsp3) is 0.455. The molecule has 150 valence electrons. The van der Waals surface area contributed by atoms with Crippen molar-refractivity contribution in [2.45, 2.75) is 51.5 Å². The summed E-state index contributed by atoms with van der Waals surface area (Å²) < 4.78 is 1.97. The molecule has 0 unspecified atom stereocenters. The average molecular weight is 390 g/mol. The summed E-state index contributed by atoms with van der Waals surface area (Å²) in [4.78, 5) is 28.6. The van der Waals surface area contributed by atoms with Crippen LogP contribution in [0.25, 0.3) is 16.9 Å². The Balaban J connectivity index is 1.53. The fourth-order valence-corrected chi connectivity index (χ4v) is 4.02. The number of carbonyl (C=O) groups excluding carboxylic acids is 1. The largest absolute Gasteiger partial charge is 0.355 e. The summed E-state index contributed by atoms with van der Waals surface area (Å²) in [6, 6.07) is 6.14. The standard InChI is InChI=1S/C22H26N6O/c1-15-6-7-16(22(29)26-17-8-9-17)12-18(15)28-14-25-19-20(23-13-24-21(19)28)27-10-4-2-3-5-11-27/h6-7,12-14,17H,2-5,8-11H2,1H3,(H,26,29). The molecule has 1 aromatic carbocycles. The molecule has 7 heteroatoms. The van der Waals surface area contributed by atoms with Crippen LogP contribution < -0.4 is 10.2 Å². The molecule has 29 heavy (non-hydrogen) atoms. The molecule has 1 saturated heterocycles. The topological polar surface area (TPSA) is 75.9 Å². The normalized spacial score (nSPS) is 17.3. The van der Waals surface area contributed by atoms with Crippen molar-refractivity contribution in [2.24, 2.45) is 0 Å². The highest BCUT2D eigenvalue weighted by Gasteiger charge is 2.24. The van der Waals surface area contributed by atoms with Crippen LogP contribution >= 0.6 is 0 Å². The first-order chi connectivity index (χ1) is 14.2. The van der Waals surface area contributed by atoms with E-state index in [1.807, 2.05) is 29.7 Å². The number of aryl methyl sites for hydroxylation is 1. The molecule has 0 radical (unpaired) electrons. The molecule has 1 saturated carbocycles. The molecular weight excluding hydrogens is 364 g/mol. The summed E-state index contributed by atoms with van der Waals surface area (Å²) >= 11 is 0. The van der Waals surface area contributed by atoms with Crippen LogP contribution in [0.5, 0.6) is 0 Å². The minimum Gasteiger partial charge on any atom is -0.355 e. The van der Waals surface area contributed by atoms with Crippen LogP contribution in [0.2, 0.25) is 0 Å². The van der Waals surface area contributed by atoms with Gasteiger partial charge in [0.15, 0.2) is 17.0 Å². The lowest BCUT2D eigenvalue weighted by Crippen LogP contribution is -2.25. The second-order valence-corrected chi connectivity index (χ2v) is 8.13. The maximum absolute atomic E-state index is 12.5. The van der Waals surface area contributed by atoms with Gasteiger partial charge in [0.05, 0.1) is 5.69 Å². The first-order valence-corrected chi connectivity index (χ1v) is 10.6. The van der Waals surface area contributed by atoms with Crippen LogP contribution in [-0.2, 0) is 0 Å². The van der Waals surface area contributed by atoms with Crippen molar-refractivity contribution >= 4 is 22.9 Å². The van der Waals surface area contributed by atoms with Gasteiger partial charge in [-0.3, -0.25) is 9.36 Å². The smallest absolute Gasteiger partial charge is 0.251 e. The fourth-order valence-electron chi connectivity index (χ4n) is 4.02. The molecule has 2 fully saturated rings. The van der Waals surface area contributed by atoms with Gasteiger partial charge in [-0.25, -0.2) is 15.0 Å². The number of rotatable bonds is 4. The Bertz CT molecular complexity index is 1050. The Labute approximate surface area is 170 Å². The van der Waals surface area contributed by atoms with Gasteiger partial charge < -0.3 is 10.2 Å². The molecule has 1 N–H and O–H groups in total. The Morgan fingerprint density at radius 2 is 1.86 bits per heavy atom. The van der Waals surface area contributed by atoms with Gasteiger partial charge in [0.25, 0.3) is 5.91 Å². The molecule has 0 spiro atoms. The van der Waals surface area contributed by atoms with Gasteiger partial charge in [0.2, 0.25) is 0 Å². The minimum absolute atomic E-state index is 0.0157. The summed E-state index contributed by atoms with van der Waals surface area (Å²) in [5.41, 5.74) is 4.27. The van der Waals surface area contributed by atoms with E-state index in [9.17, 15) is 4.79 Å². The third kappa shape index (κ3) is 3.57. The van der Waals surface area contributed by atoms with Gasteiger partial charge in [-0.2, -0.15) is 0 Å². The maximum atomic E-state index is 12.5. The van der Waals surface area contributed by atoms with Crippen molar-refractivity contribution in [1.29, 1.82) is 0 Å². The highest BCUT2D eigenvalue weighted by atomic mass is 16.1. The van der Waals surface area contributed by atoms with E-state index in [1.54, 1.807) is 12.7 Å². The van der Waals surface area contributed by atoms with Crippen LogP contribution in [-0.4, -0.2) is 44.6 Å². The van der Waals surface area contributed by atoms with Crippen LogP contribution in [0.3, 0.4) is 0 Å². The SMILES string of the molecule is Cc1ccc(C(=O)NC2CC2)cc1-n1cnc2c(N3CCCCCC3)ncnc21. The Morgan fingerprint density at radius 1 is 1.07 bits per heavy atom. The van der Waals surface area contributed by atoms with Gasteiger partial charge >= 0.3 is 0 Å². The number of carbonyl (C=O) groups is 1. The number of fused-ring (bicyclic) bond motifs is 1. The average Bonchev–Trinajstić information content (AvgIpc) is 3.50. The number of amides is 1. The summed E-state index contributed by atoms with van der Waals surface area (Å²) in [5, 5.41) is 3.06. The van der Waals surface area contributed by atoms with Crippen LogP contribution in [0, 0.1) is 6.92 Å². The van der Waals surface area contributed by atoms with Gasteiger partial charge in [-0.15, -0.1) is 0 Å². The maximum Gasteiger partial charge on any atom is 0.251 e. The van der Waals surface area contributed by atoms with E-state index >= 15 is 0 Å². The zero-order valence-electron chi connectivity index (χ0n) is 16.8. The highest BCUT2D eigenvalue weighted by Crippen LogP contribution is 2.27. The van der Waals surface area contributed by atoms with E-state index in [0.29, 0.717) is 11.6 Å². The lowest BCUT2D eigenvalue weighted by atomic mass is 10.1. The third-order valence-corrected chi connectivity index (χ3v) is 5.86. The van der Waals surface area contributed by atoms with Gasteiger partial charge in [-0.1, -0.05) is 18.9 Å². The van der Waals surface area contributed by atoms with E-state index in [1.165, 1.54) is 25.7 Å². The summed E-state index contributed by atoms with van der Waals surface area (Å²) in [6.07, 6.45) is 10.5. The molecule has 1 aliphatic carbocycles. The number of nitrogens with zero attached hydrogens (tertiary/aromatic N) is 5. The molecule has 7 nitrogen and oxygen atoms in total. The molecular formula is C22H26N6O. The van der Waals surface area contributed by atoms with Crippen molar-refractivity contribution in [3.63, 3.8) is 0 Å². The lowest BCUT2D eigenvalue weighted by Gasteiger charge is -2.21. The van der Waals surface area contributed by atoms with E-state index in [0.717, 1.165) is 54.2 Å². The molecule has 0 atom stereocenters. The van der Waals surface area contributed by atoms with E-state index < -0.39 is 0 Å². The van der Waals surface area contributed by atoms with Crippen molar-refractivity contribution < 1.29 is 4.79 Å². The van der Waals surface area contributed by atoms with Crippen molar-refractivity contribution in [3.8, 4) is 5.69 Å². The number of hydrogen-bond donors (Lipinski definition) is 1. The van der Waals surface area contributed by atoms with Crippen molar-refractivity contribution in [2.75, 3.05) is 18.0 Å². The van der Waals surface area contributed by atoms with Crippen molar-refractivity contribution in [3.05, 3.63) is 42.0 Å². The predicted octanol–water partition coefficient (Wildman–Crippen LogP) is 3.40. The first kappa shape index (κ1) is 18.1. The molecule has 5 rings (SSSR count). The molecule has 3 aromatic rings. The number of aromatic nitrogens is 4. The zero-order valence-corrected chi connectivity index (χ0v) is 16.8. The quantitative estimate of drug-likeness (QED) is 0.739. The highest BCUT2D eigenvalue weighted by molar-refractivity contribution is 5.95. The molecule has 1 amide bonds. The van der Waals surface area contributed by atoms with E-state index in [4.69, 9.17) is 0 Å². The van der Waals surface area contributed by atoms with Gasteiger partial charge in [0.1, 0.15) is 12.7 Å². The predicted molar refractivity (Wildman–Crippen MR) is 113 cm³/mol. The zero-order chi connectivity index (χ0) is 19.8. The summed E-state index contributed by atoms with van der Waals surface area (Å²) in [6.45, 7) is 4.06. The second-order valence-electron chi connectivity index (χ2n) is 8.13. The van der Waals surface area contributed by atoms with Crippen molar-refractivity contribution in [1.82, 2.24) is 24.8 Å². The number of imidazole rings is 1. The first-order valence-electron chi connectivity index (χ1n) is 10.6. The molecule has 2 aromatic heterocycles. The minimum atomic E-state index is -0.0157.